The number of nitrogens with zero attached hydrogens (tertiary/aromatic N) is 1. The van der Waals surface area contributed by atoms with Crippen LogP contribution in [0.25, 0.3) is 0 Å². The van der Waals surface area contributed by atoms with E-state index in [1.807, 2.05) is 37.3 Å². The number of hydrogen-bond acceptors (Lipinski definition) is 2. The molecule has 1 aromatic carbocycles. The molecule has 0 amide bonds. The molecule has 72 valence electrons. The van der Waals surface area contributed by atoms with Crippen LogP contribution in [0.2, 0.25) is 0 Å². The Morgan fingerprint density at radius 1 is 1.36 bits per heavy atom. The highest BCUT2D eigenvalue weighted by atomic mass is 16.1. The Kier molecular flexibility index (Phi) is 2.44. The SMILES string of the molecule is CCC1C(=O)CN=C1c1ccccc1. The van der Waals surface area contributed by atoms with E-state index in [4.69, 9.17) is 0 Å². The molecule has 0 saturated heterocycles. The van der Waals surface area contributed by atoms with Gasteiger partial charge >= 0.3 is 0 Å². The van der Waals surface area contributed by atoms with E-state index in [0.29, 0.717) is 6.54 Å². The summed E-state index contributed by atoms with van der Waals surface area (Å²) in [5.74, 6) is 0.281. The molecule has 0 radical (unpaired) electrons. The Hall–Kier alpha value is -1.44. The van der Waals surface area contributed by atoms with E-state index in [1.165, 1.54) is 0 Å². The van der Waals surface area contributed by atoms with Crippen molar-refractivity contribution in [3.8, 4) is 0 Å². The molecule has 2 rings (SSSR count). The summed E-state index contributed by atoms with van der Waals surface area (Å²) in [6.45, 7) is 2.40. The number of benzene rings is 1. The Morgan fingerprint density at radius 3 is 2.71 bits per heavy atom. The van der Waals surface area contributed by atoms with Crippen molar-refractivity contribution in [2.45, 2.75) is 13.3 Å². The lowest BCUT2D eigenvalue weighted by atomic mass is 9.93. The second-order valence-electron chi connectivity index (χ2n) is 3.49. The predicted molar refractivity (Wildman–Crippen MR) is 56.6 cm³/mol. The Balaban J connectivity index is 2.32. The Bertz CT molecular complexity index is 367. The highest BCUT2D eigenvalue weighted by Gasteiger charge is 2.28. The van der Waals surface area contributed by atoms with Gasteiger partial charge in [0.1, 0.15) is 0 Å². The van der Waals surface area contributed by atoms with Gasteiger partial charge in [0.15, 0.2) is 5.78 Å². The van der Waals surface area contributed by atoms with E-state index >= 15 is 0 Å². The molecule has 0 spiro atoms. The van der Waals surface area contributed by atoms with Crippen LogP contribution in [0.3, 0.4) is 0 Å². The van der Waals surface area contributed by atoms with Crippen molar-refractivity contribution in [1.29, 1.82) is 0 Å². The first-order chi connectivity index (χ1) is 6.83. The molecule has 0 bridgehead atoms. The molecule has 0 aromatic heterocycles. The number of hydrogen-bond donors (Lipinski definition) is 0. The van der Waals surface area contributed by atoms with E-state index in [1.54, 1.807) is 0 Å². The number of ketones is 1. The van der Waals surface area contributed by atoms with Crippen LogP contribution in [0, 0.1) is 5.92 Å². The van der Waals surface area contributed by atoms with Crippen molar-refractivity contribution in [3.63, 3.8) is 0 Å². The van der Waals surface area contributed by atoms with Crippen LogP contribution in [-0.2, 0) is 4.79 Å². The molecule has 1 heterocycles. The first kappa shape index (κ1) is 9.13. The van der Waals surface area contributed by atoms with E-state index in [-0.39, 0.29) is 11.7 Å². The first-order valence-corrected chi connectivity index (χ1v) is 4.95. The Morgan fingerprint density at radius 2 is 2.07 bits per heavy atom. The minimum atomic E-state index is 0.0254. The van der Waals surface area contributed by atoms with Gasteiger partial charge in [-0.2, -0.15) is 0 Å². The molecule has 14 heavy (non-hydrogen) atoms. The maximum absolute atomic E-state index is 11.5. The second-order valence-corrected chi connectivity index (χ2v) is 3.49. The molecule has 1 atom stereocenters. The second kappa shape index (κ2) is 3.74. The van der Waals surface area contributed by atoms with Gasteiger partial charge in [-0.1, -0.05) is 37.3 Å². The number of carbonyl (C=O) groups excluding carboxylic acids is 1. The van der Waals surface area contributed by atoms with Crippen LogP contribution < -0.4 is 0 Å². The molecule has 0 fully saturated rings. The van der Waals surface area contributed by atoms with Crippen molar-refractivity contribution in [3.05, 3.63) is 35.9 Å². The van der Waals surface area contributed by atoms with E-state index < -0.39 is 0 Å². The summed E-state index contributed by atoms with van der Waals surface area (Å²) >= 11 is 0. The normalized spacial score (nSPS) is 21.1. The summed E-state index contributed by atoms with van der Waals surface area (Å²) in [5, 5.41) is 0. The van der Waals surface area contributed by atoms with Crippen molar-refractivity contribution in [2.75, 3.05) is 6.54 Å². The molecule has 0 saturated carbocycles. The number of carbonyl (C=O) groups is 1. The molecule has 0 N–H and O–H groups in total. The zero-order valence-electron chi connectivity index (χ0n) is 8.23. The standard InChI is InChI=1S/C12H13NO/c1-2-10-11(14)8-13-12(10)9-6-4-3-5-7-9/h3-7,10H,2,8H2,1H3. The minimum absolute atomic E-state index is 0.0254. The molecule has 0 aliphatic carbocycles. The van der Waals surface area contributed by atoms with Gasteiger partial charge in [0.05, 0.1) is 18.2 Å². The maximum atomic E-state index is 11.5. The highest BCUT2D eigenvalue weighted by molar-refractivity contribution is 6.17. The fourth-order valence-electron chi connectivity index (χ4n) is 1.86. The average Bonchev–Trinajstić information content (AvgIpc) is 2.61. The van der Waals surface area contributed by atoms with Crippen LogP contribution in [0.1, 0.15) is 18.9 Å². The van der Waals surface area contributed by atoms with E-state index in [9.17, 15) is 4.79 Å². The van der Waals surface area contributed by atoms with Crippen LogP contribution in [0.15, 0.2) is 35.3 Å². The van der Waals surface area contributed by atoms with E-state index in [2.05, 4.69) is 4.99 Å². The van der Waals surface area contributed by atoms with Gasteiger partial charge in [-0.3, -0.25) is 9.79 Å². The average molecular weight is 187 g/mol. The van der Waals surface area contributed by atoms with Gasteiger partial charge in [0, 0.05) is 0 Å². The molecule has 2 nitrogen and oxygen atoms in total. The largest absolute Gasteiger partial charge is 0.297 e. The van der Waals surface area contributed by atoms with Crippen molar-refractivity contribution >= 4 is 11.5 Å². The summed E-state index contributed by atoms with van der Waals surface area (Å²) < 4.78 is 0. The summed E-state index contributed by atoms with van der Waals surface area (Å²) in [5.41, 5.74) is 2.06. The number of Topliss-reactive ketones (excluding diaryl/α,β-unsaturated/α-hetero) is 1. The van der Waals surface area contributed by atoms with E-state index in [0.717, 1.165) is 17.7 Å². The minimum Gasteiger partial charge on any atom is -0.297 e. The van der Waals surface area contributed by atoms with Gasteiger partial charge < -0.3 is 0 Å². The third kappa shape index (κ3) is 1.48. The van der Waals surface area contributed by atoms with Crippen LogP contribution in [0.4, 0.5) is 0 Å². The zero-order chi connectivity index (χ0) is 9.97. The molecular formula is C12H13NO. The zero-order valence-corrected chi connectivity index (χ0v) is 8.23. The summed E-state index contributed by atoms with van der Waals surface area (Å²) in [6.07, 6.45) is 0.854. The molecule has 1 aromatic rings. The smallest absolute Gasteiger partial charge is 0.163 e. The lowest BCUT2D eigenvalue weighted by Gasteiger charge is -2.08. The third-order valence-electron chi connectivity index (χ3n) is 2.60. The van der Waals surface area contributed by atoms with Crippen molar-refractivity contribution in [2.24, 2.45) is 10.9 Å². The van der Waals surface area contributed by atoms with Crippen LogP contribution >= 0.6 is 0 Å². The molecular weight excluding hydrogens is 174 g/mol. The summed E-state index contributed by atoms with van der Waals surface area (Å²) in [4.78, 5) is 15.8. The predicted octanol–water partition coefficient (Wildman–Crippen LogP) is 2.08. The molecule has 2 heteroatoms. The van der Waals surface area contributed by atoms with Crippen LogP contribution in [-0.4, -0.2) is 18.0 Å². The summed E-state index contributed by atoms with van der Waals surface area (Å²) in [7, 11) is 0. The van der Waals surface area contributed by atoms with Crippen LogP contribution in [0.5, 0.6) is 0 Å². The quantitative estimate of drug-likeness (QED) is 0.697. The number of aliphatic imine (C=N–C) groups is 1. The number of rotatable bonds is 2. The van der Waals surface area contributed by atoms with Gasteiger partial charge in [-0.05, 0) is 12.0 Å². The van der Waals surface area contributed by atoms with Gasteiger partial charge in [0.25, 0.3) is 0 Å². The topological polar surface area (TPSA) is 29.4 Å². The molecule has 1 aliphatic rings. The summed E-state index contributed by atoms with van der Waals surface area (Å²) in [6, 6.07) is 9.96. The van der Waals surface area contributed by atoms with Crippen molar-refractivity contribution in [1.82, 2.24) is 0 Å². The van der Waals surface area contributed by atoms with Gasteiger partial charge in [0.2, 0.25) is 0 Å². The lowest BCUT2D eigenvalue weighted by molar-refractivity contribution is -0.118. The molecule has 1 unspecified atom stereocenters. The fourth-order valence-corrected chi connectivity index (χ4v) is 1.86. The van der Waals surface area contributed by atoms with Gasteiger partial charge in [-0.15, -0.1) is 0 Å². The first-order valence-electron chi connectivity index (χ1n) is 4.95. The molecule has 1 aliphatic heterocycles. The Labute approximate surface area is 83.7 Å². The monoisotopic (exact) mass is 187 g/mol. The third-order valence-corrected chi connectivity index (χ3v) is 2.60. The lowest BCUT2D eigenvalue weighted by Crippen LogP contribution is -2.18. The van der Waals surface area contributed by atoms with Crippen molar-refractivity contribution < 1.29 is 4.79 Å². The highest BCUT2D eigenvalue weighted by Crippen LogP contribution is 2.19. The maximum Gasteiger partial charge on any atom is 0.163 e. The van der Waals surface area contributed by atoms with Gasteiger partial charge in [-0.25, -0.2) is 0 Å². The fraction of sp³-hybridized carbons (Fsp3) is 0.333.